The quantitative estimate of drug-likeness (QED) is 0.651. The van der Waals surface area contributed by atoms with Gasteiger partial charge >= 0.3 is 0 Å². The lowest BCUT2D eigenvalue weighted by Crippen LogP contribution is -2.06. The summed E-state index contributed by atoms with van der Waals surface area (Å²) in [6.45, 7) is 1.99. The van der Waals surface area contributed by atoms with E-state index in [0.29, 0.717) is 5.56 Å². The minimum Gasteiger partial charge on any atom is -0.485 e. The molecular formula is C22H21N5O. The van der Waals surface area contributed by atoms with Crippen LogP contribution in [0.25, 0.3) is 0 Å². The second-order valence-corrected chi connectivity index (χ2v) is 7.05. The fourth-order valence-electron chi connectivity index (χ4n) is 3.63. The molecule has 1 atom stereocenters. The van der Waals surface area contributed by atoms with Crippen LogP contribution in [-0.2, 0) is 13.5 Å². The number of hydrogen-bond acceptors (Lipinski definition) is 5. The zero-order valence-corrected chi connectivity index (χ0v) is 15.9. The Morgan fingerprint density at radius 1 is 1.36 bits per heavy atom. The van der Waals surface area contributed by atoms with E-state index in [2.05, 4.69) is 16.5 Å². The minimum absolute atomic E-state index is 0.0292. The summed E-state index contributed by atoms with van der Waals surface area (Å²) in [4.78, 5) is 0. The van der Waals surface area contributed by atoms with Crippen LogP contribution in [0.3, 0.4) is 0 Å². The Kier molecular flexibility index (Phi) is 4.58. The van der Waals surface area contributed by atoms with Crippen molar-refractivity contribution in [2.24, 2.45) is 7.05 Å². The smallest absolute Gasteiger partial charge is 0.125 e. The van der Waals surface area contributed by atoms with Crippen molar-refractivity contribution in [3.63, 3.8) is 0 Å². The van der Waals surface area contributed by atoms with Crippen molar-refractivity contribution in [3.8, 4) is 11.8 Å². The topological polar surface area (TPSA) is 86.7 Å². The van der Waals surface area contributed by atoms with Crippen LogP contribution in [0, 0.1) is 23.7 Å². The maximum atomic E-state index is 9.10. The highest BCUT2D eigenvalue weighted by Gasteiger charge is 2.25. The standard InChI is InChI=1S/C22H21N5O/c1-14-7-17(11-24)20(26-18-12-25-27(2)13-18)9-22(14)28-21-6-4-16-8-15(10-23)3-5-19(16)21/h3,5,7-9,11-13,21,24,26H,4,6H2,1-2H3/t21-/m0/s1. The SMILES string of the molecule is Cc1cc(C=N)c(Nc2cnn(C)c2)cc1O[C@H]1CCc2cc(C#N)ccc21. The number of fused-ring (bicyclic) bond motifs is 1. The molecule has 0 aliphatic heterocycles. The van der Waals surface area contributed by atoms with Crippen LogP contribution in [0.15, 0.2) is 42.7 Å². The summed E-state index contributed by atoms with van der Waals surface area (Å²) in [5.41, 5.74) is 6.46. The number of anilines is 2. The summed E-state index contributed by atoms with van der Waals surface area (Å²) >= 11 is 0. The van der Waals surface area contributed by atoms with Crippen LogP contribution in [-0.4, -0.2) is 16.0 Å². The van der Waals surface area contributed by atoms with E-state index in [9.17, 15) is 0 Å². The van der Waals surface area contributed by atoms with Crippen molar-refractivity contribution in [2.45, 2.75) is 25.9 Å². The molecule has 6 heteroatoms. The van der Waals surface area contributed by atoms with Gasteiger partial charge in [0, 0.05) is 31.1 Å². The normalized spacial score (nSPS) is 15.0. The van der Waals surface area contributed by atoms with Gasteiger partial charge < -0.3 is 15.5 Å². The highest BCUT2D eigenvalue weighted by molar-refractivity contribution is 5.88. The van der Waals surface area contributed by atoms with Gasteiger partial charge in [0.25, 0.3) is 0 Å². The Balaban J connectivity index is 1.63. The lowest BCUT2D eigenvalue weighted by atomic mass is 10.1. The van der Waals surface area contributed by atoms with Gasteiger partial charge in [0.05, 0.1) is 29.2 Å². The van der Waals surface area contributed by atoms with Gasteiger partial charge in [-0.1, -0.05) is 6.07 Å². The summed E-state index contributed by atoms with van der Waals surface area (Å²) in [5, 5.41) is 24.3. The molecule has 0 amide bonds. The summed E-state index contributed by atoms with van der Waals surface area (Å²) in [6, 6.07) is 11.9. The third kappa shape index (κ3) is 3.35. The number of hydrogen-bond donors (Lipinski definition) is 2. The zero-order chi connectivity index (χ0) is 19.7. The average Bonchev–Trinajstić information content (AvgIpc) is 3.29. The highest BCUT2D eigenvalue weighted by Crippen LogP contribution is 2.38. The van der Waals surface area contributed by atoms with Gasteiger partial charge in [-0.25, -0.2) is 0 Å². The number of benzene rings is 2. The van der Waals surface area contributed by atoms with E-state index in [0.717, 1.165) is 46.7 Å². The van der Waals surface area contributed by atoms with E-state index in [4.69, 9.17) is 15.4 Å². The summed E-state index contributed by atoms with van der Waals surface area (Å²) in [6.07, 6.45) is 6.74. The molecule has 1 aliphatic carbocycles. The molecule has 0 saturated carbocycles. The van der Waals surface area contributed by atoms with Crippen LogP contribution in [0.5, 0.6) is 5.75 Å². The number of nitrogens with one attached hydrogen (secondary N) is 2. The van der Waals surface area contributed by atoms with Crippen molar-refractivity contribution in [1.29, 1.82) is 10.7 Å². The molecule has 140 valence electrons. The molecule has 2 aromatic carbocycles. The number of rotatable bonds is 5. The molecule has 1 aromatic heterocycles. The first-order valence-electron chi connectivity index (χ1n) is 9.17. The fraction of sp³-hybridized carbons (Fsp3) is 0.227. The van der Waals surface area contributed by atoms with Crippen molar-refractivity contribution in [3.05, 3.63) is 70.5 Å². The molecule has 28 heavy (non-hydrogen) atoms. The molecule has 2 N–H and O–H groups in total. The van der Waals surface area contributed by atoms with E-state index in [1.165, 1.54) is 11.8 Å². The Morgan fingerprint density at radius 2 is 2.21 bits per heavy atom. The second kappa shape index (κ2) is 7.20. The van der Waals surface area contributed by atoms with E-state index in [1.807, 2.05) is 50.5 Å². The first-order valence-corrected chi connectivity index (χ1v) is 9.17. The number of ether oxygens (including phenoxy) is 1. The minimum atomic E-state index is -0.0292. The molecule has 0 unspecified atom stereocenters. The monoisotopic (exact) mass is 371 g/mol. The maximum Gasteiger partial charge on any atom is 0.125 e. The first kappa shape index (κ1) is 17.8. The van der Waals surface area contributed by atoms with Gasteiger partial charge in [0.1, 0.15) is 11.9 Å². The summed E-state index contributed by atoms with van der Waals surface area (Å²) < 4.78 is 8.10. The molecule has 3 aromatic rings. The Labute approximate surface area is 163 Å². The van der Waals surface area contributed by atoms with Crippen LogP contribution in [0.1, 0.15) is 40.3 Å². The number of nitriles is 1. The first-order chi connectivity index (χ1) is 13.6. The van der Waals surface area contributed by atoms with Crippen molar-refractivity contribution < 1.29 is 4.74 Å². The predicted molar refractivity (Wildman–Crippen MR) is 108 cm³/mol. The van der Waals surface area contributed by atoms with E-state index < -0.39 is 0 Å². The van der Waals surface area contributed by atoms with E-state index >= 15 is 0 Å². The van der Waals surface area contributed by atoms with Crippen LogP contribution in [0.2, 0.25) is 0 Å². The molecule has 0 radical (unpaired) electrons. The molecule has 0 saturated heterocycles. The Morgan fingerprint density at radius 3 is 2.93 bits per heavy atom. The Bertz CT molecular complexity index is 1090. The average molecular weight is 371 g/mol. The van der Waals surface area contributed by atoms with Crippen LogP contribution >= 0.6 is 0 Å². The lowest BCUT2D eigenvalue weighted by molar-refractivity contribution is 0.206. The third-order valence-electron chi connectivity index (χ3n) is 5.05. The van der Waals surface area contributed by atoms with Gasteiger partial charge in [-0.2, -0.15) is 10.4 Å². The van der Waals surface area contributed by atoms with Gasteiger partial charge in [0.2, 0.25) is 0 Å². The molecule has 1 heterocycles. The molecule has 0 spiro atoms. The third-order valence-corrected chi connectivity index (χ3v) is 5.05. The second-order valence-electron chi connectivity index (χ2n) is 7.05. The highest BCUT2D eigenvalue weighted by atomic mass is 16.5. The largest absolute Gasteiger partial charge is 0.485 e. The Hall–Kier alpha value is -3.59. The molecule has 6 nitrogen and oxygen atoms in total. The zero-order valence-electron chi connectivity index (χ0n) is 15.9. The molecule has 1 aliphatic rings. The molecule has 4 rings (SSSR count). The predicted octanol–water partition coefficient (Wildman–Crippen LogP) is 4.41. The van der Waals surface area contributed by atoms with Crippen LogP contribution < -0.4 is 10.1 Å². The van der Waals surface area contributed by atoms with Gasteiger partial charge in [-0.3, -0.25) is 4.68 Å². The summed E-state index contributed by atoms with van der Waals surface area (Å²) in [5.74, 6) is 0.791. The van der Waals surface area contributed by atoms with E-state index in [-0.39, 0.29) is 6.10 Å². The van der Waals surface area contributed by atoms with Gasteiger partial charge in [0.15, 0.2) is 0 Å². The number of aryl methyl sites for hydroxylation is 3. The van der Waals surface area contributed by atoms with Gasteiger partial charge in [-0.15, -0.1) is 0 Å². The van der Waals surface area contributed by atoms with Crippen molar-refractivity contribution >= 4 is 17.6 Å². The number of aromatic nitrogens is 2. The lowest BCUT2D eigenvalue weighted by Gasteiger charge is -2.19. The van der Waals surface area contributed by atoms with Crippen LogP contribution in [0.4, 0.5) is 11.4 Å². The van der Waals surface area contributed by atoms with Gasteiger partial charge in [-0.05, 0) is 54.7 Å². The number of nitrogens with zero attached hydrogens (tertiary/aromatic N) is 3. The molecular weight excluding hydrogens is 350 g/mol. The maximum absolute atomic E-state index is 9.10. The summed E-state index contributed by atoms with van der Waals surface area (Å²) in [7, 11) is 1.86. The fourth-order valence-corrected chi connectivity index (χ4v) is 3.63. The van der Waals surface area contributed by atoms with Crippen molar-refractivity contribution in [1.82, 2.24) is 9.78 Å². The van der Waals surface area contributed by atoms with Crippen molar-refractivity contribution in [2.75, 3.05) is 5.32 Å². The molecule has 0 bridgehead atoms. The molecule has 0 fully saturated rings. The van der Waals surface area contributed by atoms with E-state index in [1.54, 1.807) is 10.9 Å².